The topological polar surface area (TPSA) is 21.3 Å². The van der Waals surface area contributed by atoms with Gasteiger partial charge in [0.2, 0.25) is 0 Å². The van der Waals surface area contributed by atoms with E-state index in [4.69, 9.17) is 4.74 Å². The molecule has 1 unspecified atom stereocenters. The highest BCUT2D eigenvalue weighted by atomic mass is 16.5. The van der Waals surface area contributed by atoms with Gasteiger partial charge in [0.15, 0.2) is 0 Å². The van der Waals surface area contributed by atoms with Crippen LogP contribution in [0, 0.1) is 5.92 Å². The maximum atomic E-state index is 5.87. The van der Waals surface area contributed by atoms with E-state index in [-0.39, 0.29) is 0 Å². The first-order chi connectivity index (χ1) is 8.90. The van der Waals surface area contributed by atoms with Gasteiger partial charge in [-0.15, -0.1) is 0 Å². The third-order valence-electron chi connectivity index (χ3n) is 4.32. The van der Waals surface area contributed by atoms with Gasteiger partial charge < -0.3 is 10.1 Å². The molecule has 1 fully saturated rings. The highest BCUT2D eigenvalue weighted by Crippen LogP contribution is 2.42. The molecule has 1 heterocycles. The number of para-hydroxylation sites is 1. The van der Waals surface area contributed by atoms with E-state index in [0.717, 1.165) is 25.5 Å². The molecule has 1 aliphatic heterocycles. The zero-order chi connectivity index (χ0) is 12.4. The van der Waals surface area contributed by atoms with Crippen LogP contribution in [-0.4, -0.2) is 13.2 Å². The predicted octanol–water partition coefficient (Wildman–Crippen LogP) is 3.46. The average Bonchev–Trinajstić information content (AvgIpc) is 2.80. The van der Waals surface area contributed by atoms with Crippen molar-refractivity contribution in [2.24, 2.45) is 5.92 Å². The second kappa shape index (κ2) is 5.31. The van der Waals surface area contributed by atoms with E-state index in [1.807, 2.05) is 0 Å². The monoisotopic (exact) mass is 245 g/mol. The predicted molar refractivity (Wildman–Crippen MR) is 74.0 cm³/mol. The first-order valence-electron chi connectivity index (χ1n) is 7.38. The van der Waals surface area contributed by atoms with Crippen LogP contribution >= 0.6 is 0 Å². The van der Waals surface area contributed by atoms with Crippen LogP contribution in [0.1, 0.15) is 49.8 Å². The van der Waals surface area contributed by atoms with Crippen molar-refractivity contribution in [1.29, 1.82) is 0 Å². The summed E-state index contributed by atoms with van der Waals surface area (Å²) in [6.07, 6.45) is 6.40. The van der Waals surface area contributed by atoms with Crippen molar-refractivity contribution in [3.63, 3.8) is 0 Å². The van der Waals surface area contributed by atoms with E-state index in [1.165, 1.54) is 42.6 Å². The number of hydrogen-bond donors (Lipinski definition) is 1. The van der Waals surface area contributed by atoms with Gasteiger partial charge in [-0.25, -0.2) is 0 Å². The fraction of sp³-hybridized carbons (Fsp3) is 0.625. The van der Waals surface area contributed by atoms with Crippen LogP contribution in [0.5, 0.6) is 5.75 Å². The standard InChI is InChI=1S/C16H23NO/c1-2-10-17-15(12-5-3-6-12)14-8-4-7-13-9-11-18-16(13)14/h4,7-8,12,15,17H,2-3,5-6,9-11H2,1H3. The SMILES string of the molecule is CCCNC(c1cccc2c1OCC2)C1CCC1. The number of benzene rings is 1. The Morgan fingerprint density at radius 2 is 2.28 bits per heavy atom. The van der Waals surface area contributed by atoms with Crippen molar-refractivity contribution in [2.45, 2.75) is 45.1 Å². The molecule has 0 saturated heterocycles. The van der Waals surface area contributed by atoms with E-state index >= 15 is 0 Å². The molecule has 0 amide bonds. The Hall–Kier alpha value is -1.02. The molecule has 0 spiro atoms. The maximum Gasteiger partial charge on any atom is 0.127 e. The second-order valence-electron chi connectivity index (χ2n) is 5.56. The highest BCUT2D eigenvalue weighted by Gasteiger charge is 2.31. The fourth-order valence-corrected chi connectivity index (χ4v) is 3.09. The van der Waals surface area contributed by atoms with E-state index in [2.05, 4.69) is 30.4 Å². The van der Waals surface area contributed by atoms with Crippen molar-refractivity contribution in [3.05, 3.63) is 29.3 Å². The fourth-order valence-electron chi connectivity index (χ4n) is 3.09. The number of hydrogen-bond acceptors (Lipinski definition) is 2. The van der Waals surface area contributed by atoms with Crippen LogP contribution in [0.2, 0.25) is 0 Å². The Balaban J connectivity index is 1.86. The average molecular weight is 245 g/mol. The summed E-state index contributed by atoms with van der Waals surface area (Å²) in [5.74, 6) is 1.99. The van der Waals surface area contributed by atoms with E-state index in [1.54, 1.807) is 0 Å². The lowest BCUT2D eigenvalue weighted by molar-refractivity contribution is 0.226. The quantitative estimate of drug-likeness (QED) is 0.857. The molecular weight excluding hydrogens is 222 g/mol. The van der Waals surface area contributed by atoms with Gasteiger partial charge in [-0.05, 0) is 37.3 Å². The molecule has 1 aromatic carbocycles. The zero-order valence-electron chi connectivity index (χ0n) is 11.2. The minimum Gasteiger partial charge on any atom is -0.493 e. The van der Waals surface area contributed by atoms with E-state index < -0.39 is 0 Å². The molecule has 1 atom stereocenters. The maximum absolute atomic E-state index is 5.87. The summed E-state index contributed by atoms with van der Waals surface area (Å²) in [6.45, 7) is 4.19. The minimum atomic E-state index is 0.506. The first kappa shape index (κ1) is 12.0. The van der Waals surface area contributed by atoms with Gasteiger partial charge in [0, 0.05) is 18.0 Å². The second-order valence-corrected chi connectivity index (χ2v) is 5.56. The summed E-state index contributed by atoms with van der Waals surface area (Å²) >= 11 is 0. The third kappa shape index (κ3) is 2.14. The molecule has 0 radical (unpaired) electrons. The largest absolute Gasteiger partial charge is 0.493 e. The third-order valence-corrected chi connectivity index (χ3v) is 4.32. The lowest BCUT2D eigenvalue weighted by Crippen LogP contribution is -2.32. The molecule has 0 bridgehead atoms. The molecule has 1 aliphatic carbocycles. The van der Waals surface area contributed by atoms with Crippen molar-refractivity contribution in [3.8, 4) is 5.75 Å². The van der Waals surface area contributed by atoms with Crippen LogP contribution in [0.25, 0.3) is 0 Å². The van der Waals surface area contributed by atoms with Crippen LogP contribution in [-0.2, 0) is 6.42 Å². The molecule has 18 heavy (non-hydrogen) atoms. The molecule has 1 saturated carbocycles. The number of rotatable bonds is 5. The molecule has 0 aromatic heterocycles. The number of ether oxygens (including phenoxy) is 1. The number of nitrogens with one attached hydrogen (secondary N) is 1. The van der Waals surface area contributed by atoms with E-state index in [9.17, 15) is 0 Å². The highest BCUT2D eigenvalue weighted by molar-refractivity contribution is 5.46. The molecule has 2 aliphatic rings. The molecular formula is C16H23NO. The van der Waals surface area contributed by atoms with Crippen molar-refractivity contribution in [1.82, 2.24) is 5.32 Å². The minimum absolute atomic E-state index is 0.506. The molecule has 98 valence electrons. The lowest BCUT2D eigenvalue weighted by atomic mass is 9.76. The molecule has 2 heteroatoms. The van der Waals surface area contributed by atoms with Gasteiger partial charge in [-0.2, -0.15) is 0 Å². The lowest BCUT2D eigenvalue weighted by Gasteiger charge is -2.35. The van der Waals surface area contributed by atoms with Gasteiger partial charge >= 0.3 is 0 Å². The zero-order valence-corrected chi connectivity index (χ0v) is 11.2. The molecule has 1 N–H and O–H groups in total. The normalized spacial score (nSPS) is 20.1. The summed E-state index contributed by atoms with van der Waals surface area (Å²) in [5, 5.41) is 3.74. The van der Waals surface area contributed by atoms with Gasteiger partial charge in [-0.1, -0.05) is 31.5 Å². The first-order valence-corrected chi connectivity index (χ1v) is 7.38. The van der Waals surface area contributed by atoms with Crippen LogP contribution < -0.4 is 10.1 Å². The molecule has 2 nitrogen and oxygen atoms in total. The van der Waals surface area contributed by atoms with Gasteiger partial charge in [0.1, 0.15) is 5.75 Å². The smallest absolute Gasteiger partial charge is 0.127 e. The summed E-state index contributed by atoms with van der Waals surface area (Å²) in [6, 6.07) is 7.17. The van der Waals surface area contributed by atoms with Crippen LogP contribution in [0.15, 0.2) is 18.2 Å². The Bertz CT molecular complexity index is 412. The Labute approximate surface area is 110 Å². The molecule has 1 aromatic rings. The van der Waals surface area contributed by atoms with Crippen molar-refractivity contribution >= 4 is 0 Å². The summed E-state index contributed by atoms with van der Waals surface area (Å²) < 4.78 is 5.87. The van der Waals surface area contributed by atoms with Crippen molar-refractivity contribution < 1.29 is 4.74 Å². The van der Waals surface area contributed by atoms with E-state index in [0.29, 0.717) is 6.04 Å². The van der Waals surface area contributed by atoms with Gasteiger partial charge in [-0.3, -0.25) is 0 Å². The number of fused-ring (bicyclic) bond motifs is 1. The Kier molecular flexibility index (Phi) is 3.55. The van der Waals surface area contributed by atoms with Crippen molar-refractivity contribution in [2.75, 3.05) is 13.2 Å². The Morgan fingerprint density at radius 3 is 3.00 bits per heavy atom. The summed E-state index contributed by atoms with van der Waals surface area (Å²) in [5.41, 5.74) is 2.80. The van der Waals surface area contributed by atoms with Gasteiger partial charge in [0.05, 0.1) is 6.61 Å². The van der Waals surface area contributed by atoms with Crippen LogP contribution in [0.4, 0.5) is 0 Å². The Morgan fingerprint density at radius 1 is 1.39 bits per heavy atom. The van der Waals surface area contributed by atoms with Gasteiger partial charge in [0.25, 0.3) is 0 Å². The molecule has 3 rings (SSSR count). The van der Waals surface area contributed by atoms with Crippen LogP contribution in [0.3, 0.4) is 0 Å². The summed E-state index contributed by atoms with van der Waals surface area (Å²) in [4.78, 5) is 0. The summed E-state index contributed by atoms with van der Waals surface area (Å²) in [7, 11) is 0.